The lowest BCUT2D eigenvalue weighted by Gasteiger charge is -2.24. The van der Waals surface area contributed by atoms with Gasteiger partial charge in [-0.3, -0.25) is 14.3 Å². The van der Waals surface area contributed by atoms with E-state index in [0.717, 1.165) is 40.7 Å². The number of aryl methyl sites for hydroxylation is 3. The number of nitrogens with two attached hydrogens (primary N) is 1. The molecule has 0 spiro atoms. The Morgan fingerprint density at radius 3 is 2.93 bits per heavy atom. The Labute approximate surface area is 156 Å². The number of nitrogens with zero attached hydrogens (tertiary/aromatic N) is 2. The molecule has 3 aromatic rings. The van der Waals surface area contributed by atoms with Crippen LogP contribution in [0.25, 0.3) is 10.9 Å². The molecule has 1 aliphatic heterocycles. The van der Waals surface area contributed by atoms with Gasteiger partial charge >= 0.3 is 0 Å². The number of hydrogen-bond acceptors (Lipinski definition) is 3. The third-order valence-corrected chi connectivity index (χ3v) is 5.33. The highest BCUT2D eigenvalue weighted by atomic mass is 16.2. The zero-order chi connectivity index (χ0) is 19.1. The summed E-state index contributed by atoms with van der Waals surface area (Å²) >= 11 is 0. The van der Waals surface area contributed by atoms with Crippen LogP contribution in [0.1, 0.15) is 44.1 Å². The number of benzene rings is 1. The van der Waals surface area contributed by atoms with Gasteiger partial charge in [-0.05, 0) is 55.9 Å². The van der Waals surface area contributed by atoms with Gasteiger partial charge in [0.2, 0.25) is 0 Å². The summed E-state index contributed by atoms with van der Waals surface area (Å²) < 4.78 is 1.83. The van der Waals surface area contributed by atoms with Gasteiger partial charge in [0.15, 0.2) is 0 Å². The molecule has 4 rings (SSSR count). The lowest BCUT2D eigenvalue weighted by atomic mass is 9.94. The molecule has 0 aliphatic carbocycles. The van der Waals surface area contributed by atoms with Crippen molar-refractivity contribution in [3.05, 3.63) is 52.5 Å². The maximum absolute atomic E-state index is 12.6. The molecule has 0 fully saturated rings. The number of aromatic amines is 1. The third-order valence-electron chi connectivity index (χ3n) is 5.33. The predicted molar refractivity (Wildman–Crippen MR) is 103 cm³/mol. The quantitative estimate of drug-likeness (QED) is 0.659. The predicted octanol–water partition coefficient (Wildman–Crippen LogP) is 2.07. The van der Waals surface area contributed by atoms with E-state index in [-0.39, 0.29) is 11.8 Å². The van der Waals surface area contributed by atoms with E-state index in [1.165, 1.54) is 6.20 Å². The summed E-state index contributed by atoms with van der Waals surface area (Å²) in [6.07, 6.45) is 3.12. The number of hydrogen-bond donors (Lipinski definition) is 3. The van der Waals surface area contributed by atoms with Crippen LogP contribution in [0.2, 0.25) is 0 Å². The summed E-state index contributed by atoms with van der Waals surface area (Å²) in [5, 5.41) is 8.31. The summed E-state index contributed by atoms with van der Waals surface area (Å²) in [4.78, 5) is 27.3. The standard InChI is InChI=1S/C20H23N5O2/c1-11-5-12(2)14-8-17(24-16(14)6-11)20(27)22-9-13-3-4-25-18(7-13)15(10-23-25)19(21)26/h5-6,8,10,13,24H,3-4,7,9H2,1-2H3,(H2,21,26)(H,22,27)/t13-/m0/s1. The van der Waals surface area contributed by atoms with Crippen LogP contribution >= 0.6 is 0 Å². The Hall–Kier alpha value is -3.09. The van der Waals surface area contributed by atoms with Gasteiger partial charge in [0.25, 0.3) is 11.8 Å². The minimum Gasteiger partial charge on any atom is -0.365 e. The molecule has 140 valence electrons. The maximum Gasteiger partial charge on any atom is 0.267 e. The minimum atomic E-state index is -0.454. The van der Waals surface area contributed by atoms with Gasteiger partial charge < -0.3 is 16.0 Å². The highest BCUT2D eigenvalue weighted by Crippen LogP contribution is 2.23. The number of H-pyrrole nitrogens is 1. The van der Waals surface area contributed by atoms with E-state index in [9.17, 15) is 9.59 Å². The first-order valence-corrected chi connectivity index (χ1v) is 9.15. The molecule has 1 aromatic carbocycles. The highest BCUT2D eigenvalue weighted by molar-refractivity contribution is 5.99. The summed E-state index contributed by atoms with van der Waals surface area (Å²) in [7, 11) is 0. The Kier molecular flexibility index (Phi) is 4.22. The van der Waals surface area contributed by atoms with Crippen LogP contribution in [0.15, 0.2) is 24.4 Å². The van der Waals surface area contributed by atoms with E-state index in [1.807, 2.05) is 30.7 Å². The third kappa shape index (κ3) is 3.20. The number of amides is 2. The minimum absolute atomic E-state index is 0.113. The lowest BCUT2D eigenvalue weighted by Crippen LogP contribution is -2.34. The second-order valence-corrected chi connectivity index (χ2v) is 7.39. The molecule has 1 aliphatic rings. The fourth-order valence-electron chi connectivity index (χ4n) is 3.93. The molecule has 0 saturated carbocycles. The van der Waals surface area contributed by atoms with Gasteiger partial charge in [-0.15, -0.1) is 0 Å². The van der Waals surface area contributed by atoms with Crippen LogP contribution in [0, 0.1) is 19.8 Å². The van der Waals surface area contributed by atoms with E-state index in [4.69, 9.17) is 5.73 Å². The molecular weight excluding hydrogens is 342 g/mol. The molecule has 0 bridgehead atoms. The van der Waals surface area contributed by atoms with E-state index >= 15 is 0 Å². The second kappa shape index (κ2) is 6.57. The van der Waals surface area contributed by atoms with E-state index < -0.39 is 5.91 Å². The fourth-order valence-corrected chi connectivity index (χ4v) is 3.93. The van der Waals surface area contributed by atoms with Crippen LogP contribution in [-0.4, -0.2) is 33.1 Å². The van der Waals surface area contributed by atoms with Crippen molar-refractivity contribution >= 4 is 22.7 Å². The Balaban J connectivity index is 1.45. The summed E-state index contributed by atoms with van der Waals surface area (Å²) in [5.74, 6) is -0.313. The van der Waals surface area contributed by atoms with Crippen molar-refractivity contribution in [3.8, 4) is 0 Å². The first kappa shape index (κ1) is 17.3. The molecule has 7 heteroatoms. The molecule has 3 heterocycles. The van der Waals surface area contributed by atoms with Gasteiger partial charge in [0.05, 0.1) is 17.5 Å². The average Bonchev–Trinajstić information content (AvgIpc) is 3.23. The Bertz CT molecular complexity index is 1050. The Morgan fingerprint density at radius 2 is 2.15 bits per heavy atom. The van der Waals surface area contributed by atoms with Gasteiger partial charge in [0, 0.05) is 24.0 Å². The maximum atomic E-state index is 12.6. The number of carbonyl (C=O) groups is 2. The largest absolute Gasteiger partial charge is 0.365 e. The van der Waals surface area contributed by atoms with Crippen LogP contribution in [0.4, 0.5) is 0 Å². The first-order valence-electron chi connectivity index (χ1n) is 9.15. The topological polar surface area (TPSA) is 106 Å². The Morgan fingerprint density at radius 1 is 1.33 bits per heavy atom. The second-order valence-electron chi connectivity index (χ2n) is 7.39. The van der Waals surface area contributed by atoms with Crippen molar-refractivity contribution in [2.45, 2.75) is 33.2 Å². The molecule has 1 atom stereocenters. The van der Waals surface area contributed by atoms with Crippen molar-refractivity contribution in [2.24, 2.45) is 11.7 Å². The number of primary amides is 1. The molecule has 7 nitrogen and oxygen atoms in total. The normalized spacial score (nSPS) is 16.3. The number of fused-ring (bicyclic) bond motifs is 2. The number of carbonyl (C=O) groups excluding carboxylic acids is 2. The zero-order valence-electron chi connectivity index (χ0n) is 15.5. The molecule has 2 aromatic heterocycles. The zero-order valence-corrected chi connectivity index (χ0v) is 15.5. The monoisotopic (exact) mass is 365 g/mol. The van der Waals surface area contributed by atoms with Crippen molar-refractivity contribution in [1.29, 1.82) is 0 Å². The molecule has 2 amide bonds. The lowest BCUT2D eigenvalue weighted by molar-refractivity contribution is 0.0938. The van der Waals surface area contributed by atoms with Gasteiger partial charge in [-0.1, -0.05) is 6.07 Å². The van der Waals surface area contributed by atoms with Crippen molar-refractivity contribution < 1.29 is 9.59 Å². The molecule has 0 saturated heterocycles. The van der Waals surface area contributed by atoms with Crippen molar-refractivity contribution in [1.82, 2.24) is 20.1 Å². The SMILES string of the molecule is Cc1cc(C)c2cc(C(=O)NC[C@H]3CCn4ncc(C(N)=O)c4C3)[nH]c2c1. The van der Waals surface area contributed by atoms with Crippen LogP contribution in [0.5, 0.6) is 0 Å². The summed E-state index contributed by atoms with van der Waals surface area (Å²) in [5.41, 5.74) is 10.6. The van der Waals surface area contributed by atoms with Crippen molar-refractivity contribution in [2.75, 3.05) is 6.54 Å². The molecule has 0 unspecified atom stereocenters. The average molecular weight is 365 g/mol. The van der Waals surface area contributed by atoms with Crippen molar-refractivity contribution in [3.63, 3.8) is 0 Å². The number of aromatic nitrogens is 3. The molecular formula is C20H23N5O2. The van der Waals surface area contributed by atoms with E-state index in [1.54, 1.807) is 0 Å². The molecule has 27 heavy (non-hydrogen) atoms. The van der Waals surface area contributed by atoms with Crippen LogP contribution < -0.4 is 11.1 Å². The number of nitrogens with one attached hydrogen (secondary N) is 2. The smallest absolute Gasteiger partial charge is 0.267 e. The van der Waals surface area contributed by atoms with Gasteiger partial charge in [-0.2, -0.15) is 5.10 Å². The summed E-state index contributed by atoms with van der Waals surface area (Å²) in [6.45, 7) is 5.37. The molecule has 4 N–H and O–H groups in total. The van der Waals surface area contributed by atoms with Gasteiger partial charge in [0.1, 0.15) is 5.69 Å². The first-order chi connectivity index (χ1) is 12.9. The molecule has 0 radical (unpaired) electrons. The fraction of sp³-hybridized carbons (Fsp3) is 0.350. The highest BCUT2D eigenvalue weighted by Gasteiger charge is 2.25. The van der Waals surface area contributed by atoms with E-state index in [2.05, 4.69) is 21.5 Å². The van der Waals surface area contributed by atoms with Crippen LogP contribution in [-0.2, 0) is 13.0 Å². The number of rotatable bonds is 4. The summed E-state index contributed by atoms with van der Waals surface area (Å²) in [6, 6.07) is 6.06. The van der Waals surface area contributed by atoms with Crippen LogP contribution in [0.3, 0.4) is 0 Å². The van der Waals surface area contributed by atoms with Gasteiger partial charge in [-0.25, -0.2) is 0 Å². The van der Waals surface area contributed by atoms with E-state index in [0.29, 0.717) is 24.2 Å².